The number of nitrogens with one attached hydrogen (secondary N) is 1. The minimum Gasteiger partial charge on any atom is -0.496 e. The molecule has 0 saturated heterocycles. The third-order valence-corrected chi connectivity index (χ3v) is 3.27. The highest BCUT2D eigenvalue weighted by Gasteiger charge is 2.12. The molecule has 0 bridgehead atoms. The zero-order chi connectivity index (χ0) is 16.1. The second-order valence-electron chi connectivity index (χ2n) is 4.61. The third-order valence-electron chi connectivity index (χ3n) is 3.04. The van der Waals surface area contributed by atoms with E-state index in [4.69, 9.17) is 22.1 Å². The van der Waals surface area contributed by atoms with E-state index < -0.39 is 5.91 Å². The van der Waals surface area contributed by atoms with E-state index in [0.717, 1.165) is 5.56 Å². The molecule has 0 unspecified atom stereocenters. The molecule has 2 rings (SSSR count). The summed E-state index contributed by atoms with van der Waals surface area (Å²) in [7, 11) is 1.49. The molecule has 3 N–H and O–H groups in total. The predicted molar refractivity (Wildman–Crippen MR) is 88.5 cm³/mol. The Bertz CT molecular complexity index is 729. The van der Waals surface area contributed by atoms with E-state index in [1.54, 1.807) is 31.2 Å². The molecule has 0 spiro atoms. The van der Waals surface area contributed by atoms with Crippen LogP contribution in [0.5, 0.6) is 5.75 Å². The number of anilines is 1. The van der Waals surface area contributed by atoms with Crippen molar-refractivity contribution in [2.24, 2.45) is 5.10 Å². The molecule has 6 heteroatoms. The highest BCUT2D eigenvalue weighted by Crippen LogP contribution is 2.22. The first-order valence-electron chi connectivity index (χ1n) is 6.55. The van der Waals surface area contributed by atoms with Gasteiger partial charge in [-0.2, -0.15) is 5.10 Å². The normalized spacial score (nSPS) is 11.1. The van der Waals surface area contributed by atoms with Crippen molar-refractivity contribution in [3.8, 4) is 5.75 Å². The first-order chi connectivity index (χ1) is 10.5. The number of methoxy groups -OCH3 is 1. The summed E-state index contributed by atoms with van der Waals surface area (Å²) in [4.78, 5) is 12.2. The fraction of sp³-hybridized carbons (Fsp3) is 0.125. The highest BCUT2D eigenvalue weighted by molar-refractivity contribution is 6.31. The van der Waals surface area contributed by atoms with Crippen molar-refractivity contribution in [1.82, 2.24) is 5.43 Å². The first kappa shape index (κ1) is 15.9. The molecule has 22 heavy (non-hydrogen) atoms. The first-order valence-corrected chi connectivity index (χ1v) is 6.93. The van der Waals surface area contributed by atoms with Crippen LogP contribution in [0, 0.1) is 0 Å². The highest BCUT2D eigenvalue weighted by atomic mass is 35.5. The zero-order valence-corrected chi connectivity index (χ0v) is 13.0. The average molecular weight is 318 g/mol. The lowest BCUT2D eigenvalue weighted by molar-refractivity contribution is 0.0952. The van der Waals surface area contributed by atoms with Gasteiger partial charge in [0.15, 0.2) is 0 Å². The largest absolute Gasteiger partial charge is 0.496 e. The Morgan fingerprint density at radius 3 is 2.73 bits per heavy atom. The molecule has 2 aromatic carbocycles. The van der Waals surface area contributed by atoms with Crippen LogP contribution < -0.4 is 15.9 Å². The summed E-state index contributed by atoms with van der Waals surface area (Å²) in [6, 6.07) is 12.1. The van der Waals surface area contributed by atoms with Crippen molar-refractivity contribution in [1.29, 1.82) is 0 Å². The van der Waals surface area contributed by atoms with E-state index in [2.05, 4.69) is 10.5 Å². The van der Waals surface area contributed by atoms with Gasteiger partial charge in [-0.3, -0.25) is 4.79 Å². The van der Waals surface area contributed by atoms with E-state index in [1.807, 2.05) is 12.1 Å². The number of rotatable bonds is 4. The van der Waals surface area contributed by atoms with Crippen LogP contribution in [-0.2, 0) is 0 Å². The molecule has 0 saturated carbocycles. The molecule has 114 valence electrons. The molecule has 0 heterocycles. The minimum atomic E-state index is -0.400. The van der Waals surface area contributed by atoms with E-state index in [-0.39, 0.29) is 0 Å². The van der Waals surface area contributed by atoms with Crippen molar-refractivity contribution >= 4 is 28.9 Å². The quantitative estimate of drug-likeness (QED) is 0.517. The molecule has 0 aliphatic heterocycles. The van der Waals surface area contributed by atoms with Crippen LogP contribution in [0.2, 0.25) is 5.02 Å². The monoisotopic (exact) mass is 317 g/mol. The van der Waals surface area contributed by atoms with Crippen LogP contribution in [-0.4, -0.2) is 18.7 Å². The lowest BCUT2D eigenvalue weighted by atomic mass is 10.1. The minimum absolute atomic E-state index is 0.319. The number of nitrogens with two attached hydrogens (primary N) is 1. The number of benzene rings is 2. The SMILES string of the molecule is COc1ccc(Cl)cc1C(=O)N/N=C(/C)c1cccc(N)c1. The number of nitrogen functional groups attached to an aromatic ring is 1. The van der Waals surface area contributed by atoms with Gasteiger partial charge >= 0.3 is 0 Å². The van der Waals surface area contributed by atoms with Crippen LogP contribution in [0.1, 0.15) is 22.8 Å². The molecule has 0 aromatic heterocycles. The van der Waals surface area contributed by atoms with Crippen LogP contribution in [0.4, 0.5) is 5.69 Å². The summed E-state index contributed by atoms with van der Waals surface area (Å²) < 4.78 is 5.14. The summed E-state index contributed by atoms with van der Waals surface area (Å²) in [5.41, 5.74) is 10.6. The van der Waals surface area contributed by atoms with Gasteiger partial charge in [-0.15, -0.1) is 0 Å². The molecule has 1 amide bonds. The molecule has 0 radical (unpaired) electrons. The third kappa shape index (κ3) is 3.77. The Morgan fingerprint density at radius 2 is 2.05 bits per heavy atom. The van der Waals surface area contributed by atoms with Gasteiger partial charge in [0.1, 0.15) is 5.75 Å². The van der Waals surface area contributed by atoms with Gasteiger partial charge in [0.05, 0.1) is 18.4 Å². The van der Waals surface area contributed by atoms with Gasteiger partial charge in [0.2, 0.25) is 0 Å². The number of carbonyl (C=O) groups is 1. The van der Waals surface area contributed by atoms with Gasteiger partial charge in [0.25, 0.3) is 5.91 Å². The summed E-state index contributed by atoms with van der Waals surface area (Å²) in [6.45, 7) is 1.78. The number of ether oxygens (including phenoxy) is 1. The second kappa shape index (κ2) is 6.95. The maximum absolute atomic E-state index is 12.2. The summed E-state index contributed by atoms with van der Waals surface area (Å²) in [5.74, 6) is 0.0290. The summed E-state index contributed by atoms with van der Waals surface area (Å²) in [5, 5.41) is 4.53. The van der Waals surface area contributed by atoms with Gasteiger partial charge in [-0.05, 0) is 42.8 Å². The van der Waals surface area contributed by atoms with Crippen LogP contribution >= 0.6 is 11.6 Å². The standard InChI is InChI=1S/C16H16ClN3O2/c1-10(11-4-3-5-13(18)8-11)19-20-16(21)14-9-12(17)6-7-15(14)22-2/h3-9H,18H2,1-2H3,(H,20,21)/b19-10-. The van der Waals surface area contributed by atoms with Crippen molar-refractivity contribution < 1.29 is 9.53 Å². The van der Waals surface area contributed by atoms with Crippen molar-refractivity contribution in [3.05, 3.63) is 58.6 Å². The average Bonchev–Trinajstić information content (AvgIpc) is 2.52. The van der Waals surface area contributed by atoms with E-state index in [9.17, 15) is 4.79 Å². The molecule has 0 atom stereocenters. The number of hydrogen-bond donors (Lipinski definition) is 2. The lowest BCUT2D eigenvalue weighted by Gasteiger charge is -2.08. The Kier molecular flexibility index (Phi) is 5.01. The number of halogens is 1. The Labute approximate surface area is 133 Å². The number of hydrazone groups is 1. The Morgan fingerprint density at radius 1 is 1.27 bits per heavy atom. The summed E-state index contributed by atoms with van der Waals surface area (Å²) >= 11 is 5.91. The van der Waals surface area contributed by atoms with E-state index >= 15 is 0 Å². The smallest absolute Gasteiger partial charge is 0.275 e. The summed E-state index contributed by atoms with van der Waals surface area (Å²) in [6.07, 6.45) is 0. The van der Waals surface area contributed by atoms with Crippen molar-refractivity contribution in [2.75, 3.05) is 12.8 Å². The van der Waals surface area contributed by atoms with Crippen LogP contribution in [0.3, 0.4) is 0 Å². The van der Waals surface area contributed by atoms with E-state index in [0.29, 0.717) is 27.7 Å². The number of carbonyl (C=O) groups excluding carboxylic acids is 1. The topological polar surface area (TPSA) is 76.7 Å². The maximum atomic E-state index is 12.2. The molecule has 5 nitrogen and oxygen atoms in total. The van der Waals surface area contributed by atoms with Gasteiger partial charge in [0, 0.05) is 10.7 Å². The molecule has 0 aliphatic carbocycles. The number of amides is 1. The molecule has 0 fully saturated rings. The zero-order valence-electron chi connectivity index (χ0n) is 12.3. The van der Waals surface area contributed by atoms with Crippen molar-refractivity contribution in [3.63, 3.8) is 0 Å². The predicted octanol–water partition coefficient (Wildman–Crippen LogP) is 3.08. The van der Waals surface area contributed by atoms with Crippen LogP contribution in [0.15, 0.2) is 47.6 Å². The number of nitrogens with zero attached hydrogens (tertiary/aromatic N) is 1. The molecular formula is C16H16ClN3O2. The molecule has 2 aromatic rings. The second-order valence-corrected chi connectivity index (χ2v) is 5.04. The Balaban J connectivity index is 2.19. The van der Waals surface area contributed by atoms with Crippen LogP contribution in [0.25, 0.3) is 0 Å². The fourth-order valence-electron chi connectivity index (χ4n) is 1.88. The molecular weight excluding hydrogens is 302 g/mol. The van der Waals surface area contributed by atoms with Gasteiger partial charge in [-0.25, -0.2) is 5.43 Å². The number of hydrogen-bond acceptors (Lipinski definition) is 4. The Hall–Kier alpha value is -2.53. The van der Waals surface area contributed by atoms with E-state index in [1.165, 1.54) is 13.2 Å². The van der Waals surface area contributed by atoms with Gasteiger partial charge in [-0.1, -0.05) is 23.7 Å². The maximum Gasteiger partial charge on any atom is 0.275 e. The van der Waals surface area contributed by atoms with Gasteiger partial charge < -0.3 is 10.5 Å². The van der Waals surface area contributed by atoms with Crippen molar-refractivity contribution in [2.45, 2.75) is 6.92 Å². The fourth-order valence-corrected chi connectivity index (χ4v) is 2.05. The lowest BCUT2D eigenvalue weighted by Crippen LogP contribution is -2.20. The molecule has 0 aliphatic rings.